The van der Waals surface area contributed by atoms with E-state index in [-0.39, 0.29) is 18.9 Å². The van der Waals surface area contributed by atoms with Crippen molar-refractivity contribution < 1.29 is 23.8 Å². The number of hydrogen-bond donors (Lipinski definition) is 0. The van der Waals surface area contributed by atoms with Crippen molar-refractivity contribution in [1.82, 2.24) is 0 Å². The van der Waals surface area contributed by atoms with Gasteiger partial charge in [-0.1, -0.05) is 28.1 Å². The van der Waals surface area contributed by atoms with Crippen LogP contribution >= 0.6 is 15.9 Å². The maximum atomic E-state index is 13.0. The highest BCUT2D eigenvalue weighted by atomic mass is 79.9. The molecule has 0 saturated heterocycles. The van der Waals surface area contributed by atoms with Crippen LogP contribution in [0.5, 0.6) is 11.5 Å². The number of benzene rings is 2. The molecule has 0 fully saturated rings. The third-order valence-corrected chi connectivity index (χ3v) is 4.40. The minimum Gasteiger partial charge on any atom is -0.496 e. The van der Waals surface area contributed by atoms with E-state index in [0.717, 1.165) is 4.47 Å². The molecule has 3 rings (SSSR count). The van der Waals surface area contributed by atoms with Crippen LogP contribution < -0.4 is 14.4 Å². The van der Waals surface area contributed by atoms with Crippen molar-refractivity contribution >= 4 is 39.6 Å². The predicted molar refractivity (Wildman–Crippen MR) is 105 cm³/mol. The van der Waals surface area contributed by atoms with Gasteiger partial charge in [0.25, 0.3) is 5.91 Å². The standard InChI is InChI=1S/C20H18BrNO5/c1-3-26-19(23)12-22-15-6-4-5-7-17(15)27-18(20(22)24)11-13-10-14(21)8-9-16(13)25-2/h4-11H,3,12H2,1-2H3/b18-11+. The number of halogens is 1. The van der Waals surface area contributed by atoms with Crippen molar-refractivity contribution in [1.29, 1.82) is 0 Å². The summed E-state index contributed by atoms with van der Waals surface area (Å²) >= 11 is 3.41. The van der Waals surface area contributed by atoms with E-state index < -0.39 is 11.9 Å². The van der Waals surface area contributed by atoms with Crippen LogP contribution in [0.2, 0.25) is 0 Å². The molecule has 0 radical (unpaired) electrons. The summed E-state index contributed by atoms with van der Waals surface area (Å²) in [5.41, 5.74) is 1.19. The molecule has 140 valence electrons. The normalized spacial score (nSPS) is 14.6. The lowest BCUT2D eigenvalue weighted by molar-refractivity contribution is -0.142. The van der Waals surface area contributed by atoms with Crippen molar-refractivity contribution in [3.05, 3.63) is 58.3 Å². The number of rotatable bonds is 5. The van der Waals surface area contributed by atoms with Gasteiger partial charge >= 0.3 is 5.97 Å². The second-order valence-electron chi connectivity index (χ2n) is 5.66. The van der Waals surface area contributed by atoms with Gasteiger partial charge in [-0.3, -0.25) is 14.5 Å². The van der Waals surface area contributed by atoms with E-state index in [2.05, 4.69) is 15.9 Å². The van der Waals surface area contributed by atoms with Gasteiger partial charge in [-0.05, 0) is 43.3 Å². The van der Waals surface area contributed by atoms with E-state index in [1.54, 1.807) is 50.4 Å². The van der Waals surface area contributed by atoms with Gasteiger partial charge in [-0.15, -0.1) is 0 Å². The number of esters is 1. The molecular formula is C20H18BrNO5. The summed E-state index contributed by atoms with van der Waals surface area (Å²) in [6, 6.07) is 12.5. The average molecular weight is 432 g/mol. The van der Waals surface area contributed by atoms with Gasteiger partial charge in [0, 0.05) is 10.0 Å². The van der Waals surface area contributed by atoms with Crippen molar-refractivity contribution in [2.45, 2.75) is 6.92 Å². The number of carbonyl (C=O) groups is 2. The van der Waals surface area contributed by atoms with Crippen LogP contribution in [0, 0.1) is 0 Å². The minimum absolute atomic E-state index is 0.0920. The molecule has 1 aliphatic heterocycles. The van der Waals surface area contributed by atoms with E-state index in [1.807, 2.05) is 12.1 Å². The number of amides is 1. The summed E-state index contributed by atoms with van der Waals surface area (Å²) < 4.78 is 17.0. The van der Waals surface area contributed by atoms with Crippen molar-refractivity contribution in [2.24, 2.45) is 0 Å². The molecule has 2 aromatic rings. The van der Waals surface area contributed by atoms with Crippen LogP contribution in [-0.2, 0) is 14.3 Å². The smallest absolute Gasteiger partial charge is 0.326 e. The molecule has 1 heterocycles. The predicted octanol–water partition coefficient (Wildman–Crippen LogP) is 3.79. The number of methoxy groups -OCH3 is 1. The molecule has 0 atom stereocenters. The number of para-hydroxylation sites is 2. The molecule has 1 aliphatic rings. The topological polar surface area (TPSA) is 65.1 Å². The number of fused-ring (bicyclic) bond motifs is 1. The fourth-order valence-electron chi connectivity index (χ4n) is 2.71. The molecule has 0 spiro atoms. The second-order valence-corrected chi connectivity index (χ2v) is 6.58. The Morgan fingerprint density at radius 3 is 2.78 bits per heavy atom. The molecule has 7 heteroatoms. The Morgan fingerprint density at radius 1 is 1.26 bits per heavy atom. The zero-order chi connectivity index (χ0) is 19.4. The summed E-state index contributed by atoms with van der Waals surface area (Å²) in [5, 5.41) is 0. The first-order valence-electron chi connectivity index (χ1n) is 8.33. The van der Waals surface area contributed by atoms with Crippen LogP contribution in [0.25, 0.3) is 6.08 Å². The fourth-order valence-corrected chi connectivity index (χ4v) is 3.09. The van der Waals surface area contributed by atoms with Crippen LogP contribution in [0.3, 0.4) is 0 Å². The van der Waals surface area contributed by atoms with Gasteiger partial charge in [0.05, 0.1) is 19.4 Å². The van der Waals surface area contributed by atoms with Crippen LogP contribution in [0.4, 0.5) is 5.69 Å². The molecular weight excluding hydrogens is 414 g/mol. The fraction of sp³-hybridized carbons (Fsp3) is 0.200. The molecule has 0 N–H and O–H groups in total. The van der Waals surface area contributed by atoms with E-state index in [9.17, 15) is 9.59 Å². The van der Waals surface area contributed by atoms with Gasteiger partial charge < -0.3 is 14.2 Å². The molecule has 0 saturated carbocycles. The number of carbonyl (C=O) groups excluding carboxylic acids is 2. The Kier molecular flexibility index (Phi) is 5.81. The molecule has 2 aromatic carbocycles. The molecule has 6 nitrogen and oxygen atoms in total. The highest BCUT2D eigenvalue weighted by Crippen LogP contribution is 2.36. The quantitative estimate of drug-likeness (QED) is 0.532. The summed E-state index contributed by atoms with van der Waals surface area (Å²) in [5.74, 6) is 0.264. The summed E-state index contributed by atoms with van der Waals surface area (Å²) in [6.45, 7) is 1.77. The Morgan fingerprint density at radius 2 is 2.04 bits per heavy atom. The first kappa shape index (κ1) is 19.0. The minimum atomic E-state index is -0.484. The van der Waals surface area contributed by atoms with Gasteiger partial charge in [-0.2, -0.15) is 0 Å². The van der Waals surface area contributed by atoms with Crippen LogP contribution in [0.15, 0.2) is 52.7 Å². The van der Waals surface area contributed by atoms with Gasteiger partial charge in [0.15, 0.2) is 11.5 Å². The van der Waals surface area contributed by atoms with Crippen LogP contribution in [-0.4, -0.2) is 32.1 Å². The van der Waals surface area contributed by atoms with Crippen molar-refractivity contribution in [3.63, 3.8) is 0 Å². The highest BCUT2D eigenvalue weighted by Gasteiger charge is 2.32. The largest absolute Gasteiger partial charge is 0.496 e. The van der Waals surface area contributed by atoms with E-state index in [0.29, 0.717) is 22.7 Å². The zero-order valence-electron chi connectivity index (χ0n) is 14.9. The zero-order valence-corrected chi connectivity index (χ0v) is 16.5. The number of nitrogens with zero attached hydrogens (tertiary/aromatic N) is 1. The van der Waals surface area contributed by atoms with E-state index in [4.69, 9.17) is 14.2 Å². The summed E-state index contributed by atoms with van der Waals surface area (Å²) in [6.07, 6.45) is 1.60. The Labute approximate surface area is 165 Å². The molecule has 27 heavy (non-hydrogen) atoms. The SMILES string of the molecule is CCOC(=O)CN1C(=O)/C(=C\c2cc(Br)ccc2OC)Oc2ccccc21. The lowest BCUT2D eigenvalue weighted by Crippen LogP contribution is -2.41. The summed E-state index contributed by atoms with van der Waals surface area (Å²) in [7, 11) is 1.55. The number of ether oxygens (including phenoxy) is 3. The highest BCUT2D eigenvalue weighted by molar-refractivity contribution is 9.10. The lowest BCUT2D eigenvalue weighted by atomic mass is 10.1. The molecule has 0 unspecified atom stereocenters. The molecule has 0 aliphatic carbocycles. The van der Waals surface area contributed by atoms with Crippen molar-refractivity contribution in [2.75, 3.05) is 25.2 Å². The van der Waals surface area contributed by atoms with E-state index >= 15 is 0 Å². The van der Waals surface area contributed by atoms with Gasteiger partial charge in [0.1, 0.15) is 12.3 Å². The molecule has 0 bridgehead atoms. The number of anilines is 1. The lowest BCUT2D eigenvalue weighted by Gasteiger charge is -2.29. The maximum absolute atomic E-state index is 13.0. The van der Waals surface area contributed by atoms with Crippen LogP contribution in [0.1, 0.15) is 12.5 Å². The first-order chi connectivity index (χ1) is 13.0. The Balaban J connectivity index is 2.02. The van der Waals surface area contributed by atoms with E-state index in [1.165, 1.54) is 4.90 Å². The Bertz CT molecular complexity index is 909. The molecule has 1 amide bonds. The monoisotopic (exact) mass is 431 g/mol. The number of hydrogen-bond acceptors (Lipinski definition) is 5. The second kappa shape index (κ2) is 8.26. The summed E-state index contributed by atoms with van der Waals surface area (Å²) in [4.78, 5) is 26.3. The van der Waals surface area contributed by atoms with Crippen molar-refractivity contribution in [3.8, 4) is 11.5 Å². The third-order valence-electron chi connectivity index (χ3n) is 3.90. The average Bonchev–Trinajstić information content (AvgIpc) is 2.65. The first-order valence-corrected chi connectivity index (χ1v) is 9.12. The van der Waals surface area contributed by atoms with Gasteiger partial charge in [-0.25, -0.2) is 0 Å². The molecule has 0 aromatic heterocycles. The van der Waals surface area contributed by atoms with Gasteiger partial charge in [0.2, 0.25) is 0 Å². The maximum Gasteiger partial charge on any atom is 0.326 e. The Hall–Kier alpha value is -2.80. The third kappa shape index (κ3) is 4.14.